The molecule has 2 heteroatoms. The summed E-state index contributed by atoms with van der Waals surface area (Å²) in [6.07, 6.45) is 9.16. The van der Waals surface area contributed by atoms with Gasteiger partial charge in [-0.1, -0.05) is 46.5 Å². The average molecular weight is 253 g/mol. The summed E-state index contributed by atoms with van der Waals surface area (Å²) in [5, 5.41) is 0. The Morgan fingerprint density at radius 3 is 2.17 bits per heavy atom. The Morgan fingerprint density at radius 2 is 1.78 bits per heavy atom. The highest BCUT2D eigenvalue weighted by molar-refractivity contribution is 5.89. The van der Waals surface area contributed by atoms with Gasteiger partial charge in [0.15, 0.2) is 5.78 Å². The smallest absolute Gasteiger partial charge is 0.155 e. The lowest BCUT2D eigenvalue weighted by Crippen LogP contribution is -2.42. The van der Waals surface area contributed by atoms with Gasteiger partial charge >= 0.3 is 0 Å². The van der Waals surface area contributed by atoms with Crippen molar-refractivity contribution < 1.29 is 4.79 Å². The summed E-state index contributed by atoms with van der Waals surface area (Å²) in [6.45, 7) is 7.74. The van der Waals surface area contributed by atoms with Gasteiger partial charge in [0.05, 0.1) is 6.04 Å². The fourth-order valence-electron chi connectivity index (χ4n) is 3.15. The van der Waals surface area contributed by atoms with Crippen LogP contribution in [-0.2, 0) is 4.79 Å². The van der Waals surface area contributed by atoms with E-state index in [1.54, 1.807) is 0 Å². The molecular formula is C16H31NO. The van der Waals surface area contributed by atoms with Crippen LogP contribution in [0.4, 0.5) is 0 Å². The number of hydrogen-bond acceptors (Lipinski definition) is 2. The lowest BCUT2D eigenvalue weighted by atomic mass is 9.74. The summed E-state index contributed by atoms with van der Waals surface area (Å²) in [5.41, 5.74) is -0.0741. The van der Waals surface area contributed by atoms with Gasteiger partial charge in [-0.2, -0.15) is 0 Å². The van der Waals surface area contributed by atoms with E-state index in [2.05, 4.69) is 32.7 Å². The zero-order valence-corrected chi connectivity index (χ0v) is 12.8. The van der Waals surface area contributed by atoms with Crippen molar-refractivity contribution in [2.75, 3.05) is 13.6 Å². The van der Waals surface area contributed by atoms with Crippen molar-refractivity contribution in [2.24, 2.45) is 5.41 Å². The van der Waals surface area contributed by atoms with E-state index in [-0.39, 0.29) is 11.5 Å². The number of carbonyl (C=O) groups is 1. The molecule has 18 heavy (non-hydrogen) atoms. The van der Waals surface area contributed by atoms with Crippen molar-refractivity contribution in [2.45, 2.75) is 78.2 Å². The molecule has 0 spiro atoms. The van der Waals surface area contributed by atoms with E-state index in [9.17, 15) is 4.79 Å². The van der Waals surface area contributed by atoms with Gasteiger partial charge in [0, 0.05) is 5.41 Å². The van der Waals surface area contributed by atoms with Crippen LogP contribution in [-0.4, -0.2) is 30.3 Å². The Bertz CT molecular complexity index is 254. The Hall–Kier alpha value is -0.370. The fraction of sp³-hybridized carbons (Fsp3) is 0.938. The maximum Gasteiger partial charge on any atom is 0.155 e. The Morgan fingerprint density at radius 1 is 1.22 bits per heavy atom. The normalized spacial score (nSPS) is 21.4. The molecule has 1 aliphatic heterocycles. The second kappa shape index (κ2) is 7.28. The van der Waals surface area contributed by atoms with Crippen LogP contribution in [0.15, 0.2) is 0 Å². The predicted molar refractivity (Wildman–Crippen MR) is 77.8 cm³/mol. The molecule has 0 amide bonds. The van der Waals surface area contributed by atoms with E-state index in [1.807, 2.05) is 0 Å². The highest BCUT2D eigenvalue weighted by atomic mass is 16.1. The van der Waals surface area contributed by atoms with Crippen molar-refractivity contribution in [1.82, 2.24) is 4.90 Å². The fourth-order valence-corrected chi connectivity index (χ4v) is 3.15. The van der Waals surface area contributed by atoms with Gasteiger partial charge < -0.3 is 0 Å². The van der Waals surface area contributed by atoms with E-state index in [0.717, 1.165) is 25.8 Å². The van der Waals surface area contributed by atoms with Gasteiger partial charge in [-0.15, -0.1) is 0 Å². The Kier molecular flexibility index (Phi) is 6.34. The van der Waals surface area contributed by atoms with Gasteiger partial charge in [-0.05, 0) is 39.3 Å². The van der Waals surface area contributed by atoms with Crippen molar-refractivity contribution in [3.63, 3.8) is 0 Å². The first-order chi connectivity index (χ1) is 8.55. The van der Waals surface area contributed by atoms with Crippen molar-refractivity contribution in [3.05, 3.63) is 0 Å². The minimum Gasteiger partial charge on any atom is -0.297 e. The van der Waals surface area contributed by atoms with Crippen LogP contribution in [0.3, 0.4) is 0 Å². The largest absolute Gasteiger partial charge is 0.297 e. The maximum absolute atomic E-state index is 12.8. The SMILES string of the molecule is CCCCC(C)(CCCC)C(=O)C1CCCN1C. The number of unbranched alkanes of at least 4 members (excludes halogenated alkanes) is 2. The van der Waals surface area contributed by atoms with Crippen LogP contribution in [0.2, 0.25) is 0 Å². The standard InChI is InChI=1S/C16H31NO/c1-5-7-11-16(3,12-8-6-2)15(18)14-10-9-13-17(14)4/h14H,5-13H2,1-4H3. The third-order valence-corrected chi connectivity index (χ3v) is 4.58. The van der Waals surface area contributed by atoms with Crippen LogP contribution < -0.4 is 0 Å². The number of nitrogens with zero attached hydrogens (tertiary/aromatic N) is 1. The summed E-state index contributed by atoms with van der Waals surface area (Å²) in [5.74, 6) is 0.518. The minimum atomic E-state index is -0.0741. The highest BCUT2D eigenvalue weighted by Gasteiger charge is 2.39. The van der Waals surface area contributed by atoms with Crippen LogP contribution in [0, 0.1) is 5.41 Å². The van der Waals surface area contributed by atoms with Gasteiger partial charge in [0.25, 0.3) is 0 Å². The van der Waals surface area contributed by atoms with Gasteiger partial charge in [-0.25, -0.2) is 0 Å². The van der Waals surface area contributed by atoms with Crippen LogP contribution in [0.1, 0.15) is 72.1 Å². The third kappa shape index (κ3) is 3.81. The molecule has 0 aromatic heterocycles. The molecule has 0 aromatic rings. The molecule has 1 unspecified atom stereocenters. The molecule has 1 atom stereocenters. The van der Waals surface area contributed by atoms with E-state index in [0.29, 0.717) is 5.78 Å². The number of likely N-dealkylation sites (N-methyl/N-ethyl adjacent to an activating group) is 1. The first-order valence-electron chi connectivity index (χ1n) is 7.79. The predicted octanol–water partition coefficient (Wildman–Crippen LogP) is 4.04. The second-order valence-corrected chi connectivity index (χ2v) is 6.27. The van der Waals surface area contributed by atoms with Crippen molar-refractivity contribution >= 4 is 5.78 Å². The topological polar surface area (TPSA) is 20.3 Å². The first-order valence-corrected chi connectivity index (χ1v) is 7.79. The number of carbonyl (C=O) groups excluding carboxylic acids is 1. The molecule has 0 aromatic carbocycles. The zero-order valence-electron chi connectivity index (χ0n) is 12.8. The number of Topliss-reactive ketones (excluding diaryl/α,β-unsaturated/α-hetero) is 1. The van der Waals surface area contributed by atoms with Crippen LogP contribution >= 0.6 is 0 Å². The van der Waals surface area contributed by atoms with Crippen LogP contribution in [0.25, 0.3) is 0 Å². The molecule has 0 radical (unpaired) electrons. The number of ketones is 1. The molecule has 1 rings (SSSR count). The van der Waals surface area contributed by atoms with E-state index >= 15 is 0 Å². The Balaban J connectivity index is 2.70. The summed E-state index contributed by atoms with van der Waals surface area (Å²) in [6, 6.07) is 0.198. The molecular weight excluding hydrogens is 222 g/mol. The molecule has 2 nitrogen and oxygen atoms in total. The van der Waals surface area contributed by atoms with Gasteiger partial charge in [0.2, 0.25) is 0 Å². The average Bonchev–Trinajstić information content (AvgIpc) is 2.79. The zero-order chi connectivity index (χ0) is 13.6. The monoisotopic (exact) mass is 253 g/mol. The van der Waals surface area contributed by atoms with Gasteiger partial charge in [-0.3, -0.25) is 9.69 Å². The maximum atomic E-state index is 12.8. The molecule has 0 bridgehead atoms. The molecule has 106 valence electrons. The number of likely N-dealkylation sites (tertiary alicyclic amines) is 1. The lowest BCUT2D eigenvalue weighted by Gasteiger charge is -2.33. The van der Waals surface area contributed by atoms with E-state index < -0.39 is 0 Å². The molecule has 1 saturated heterocycles. The van der Waals surface area contributed by atoms with Crippen molar-refractivity contribution in [3.8, 4) is 0 Å². The molecule has 1 heterocycles. The van der Waals surface area contributed by atoms with E-state index in [1.165, 1.54) is 32.1 Å². The summed E-state index contributed by atoms with van der Waals surface area (Å²) >= 11 is 0. The second-order valence-electron chi connectivity index (χ2n) is 6.27. The number of rotatable bonds is 8. The molecule has 1 aliphatic rings. The minimum absolute atomic E-state index is 0.0741. The van der Waals surface area contributed by atoms with Gasteiger partial charge in [0.1, 0.15) is 0 Å². The van der Waals surface area contributed by atoms with Crippen molar-refractivity contribution in [1.29, 1.82) is 0 Å². The summed E-state index contributed by atoms with van der Waals surface area (Å²) in [4.78, 5) is 15.1. The first kappa shape index (κ1) is 15.7. The third-order valence-electron chi connectivity index (χ3n) is 4.58. The molecule has 0 N–H and O–H groups in total. The lowest BCUT2D eigenvalue weighted by molar-refractivity contribution is -0.133. The molecule has 0 aliphatic carbocycles. The summed E-state index contributed by atoms with van der Waals surface area (Å²) in [7, 11) is 2.11. The quantitative estimate of drug-likeness (QED) is 0.651. The summed E-state index contributed by atoms with van der Waals surface area (Å²) < 4.78 is 0. The Labute approximate surface area is 113 Å². The molecule has 1 fully saturated rings. The number of hydrogen-bond donors (Lipinski definition) is 0. The van der Waals surface area contributed by atoms with E-state index in [4.69, 9.17) is 0 Å². The highest BCUT2D eigenvalue weighted by Crippen LogP contribution is 2.35. The van der Waals surface area contributed by atoms with Crippen LogP contribution in [0.5, 0.6) is 0 Å². The molecule has 0 saturated carbocycles.